The summed E-state index contributed by atoms with van der Waals surface area (Å²) in [7, 11) is 0. The summed E-state index contributed by atoms with van der Waals surface area (Å²) < 4.78 is 0. The first-order chi connectivity index (χ1) is 7.27. The Kier molecular flexibility index (Phi) is 9.27. The second-order valence-corrected chi connectivity index (χ2v) is 2.75. The molecule has 2 N–H and O–H groups in total. The molecule has 15 heavy (non-hydrogen) atoms. The smallest absolute Gasteiger partial charge is 0.0701 e. The van der Waals surface area contributed by atoms with Crippen LogP contribution < -0.4 is 0 Å². The average molecular weight is 202 g/mol. The normalized spacial score (nSPS) is 10.3. The highest BCUT2D eigenvalue weighted by atomic mass is 16.3. The zero-order chi connectivity index (χ0) is 11.4. The van der Waals surface area contributed by atoms with Crippen molar-refractivity contribution in [3.8, 4) is 35.5 Å². The SMILES string of the molecule is CC(O)/C=C/C#CC#CC#CCCCO. The van der Waals surface area contributed by atoms with Crippen LogP contribution in [-0.4, -0.2) is 22.9 Å². The van der Waals surface area contributed by atoms with E-state index in [0.29, 0.717) is 12.8 Å². The second-order valence-electron chi connectivity index (χ2n) is 2.75. The molecule has 0 spiro atoms. The Morgan fingerprint density at radius 1 is 1.20 bits per heavy atom. The molecule has 0 rings (SSSR count). The third-order valence-electron chi connectivity index (χ3n) is 1.27. The molecule has 1 atom stereocenters. The lowest BCUT2D eigenvalue weighted by Crippen LogP contribution is -1.90. The van der Waals surface area contributed by atoms with Crippen LogP contribution >= 0.6 is 0 Å². The van der Waals surface area contributed by atoms with Gasteiger partial charge in [0.15, 0.2) is 0 Å². The lowest BCUT2D eigenvalue weighted by Gasteiger charge is -1.87. The van der Waals surface area contributed by atoms with Gasteiger partial charge < -0.3 is 10.2 Å². The third-order valence-corrected chi connectivity index (χ3v) is 1.27. The van der Waals surface area contributed by atoms with Crippen LogP contribution in [0.4, 0.5) is 0 Å². The van der Waals surface area contributed by atoms with Crippen LogP contribution in [-0.2, 0) is 0 Å². The first kappa shape index (κ1) is 13.3. The Labute approximate surface area is 91.0 Å². The Bertz CT molecular complexity index is 359. The van der Waals surface area contributed by atoms with Gasteiger partial charge in [0.25, 0.3) is 0 Å². The molecule has 0 radical (unpaired) electrons. The van der Waals surface area contributed by atoms with Crippen LogP contribution in [0.2, 0.25) is 0 Å². The Morgan fingerprint density at radius 2 is 1.93 bits per heavy atom. The summed E-state index contributed by atoms with van der Waals surface area (Å²) in [4.78, 5) is 0. The van der Waals surface area contributed by atoms with Crippen molar-refractivity contribution in [1.29, 1.82) is 0 Å². The summed E-state index contributed by atoms with van der Waals surface area (Å²) in [5.74, 6) is 15.8. The highest BCUT2D eigenvalue weighted by Crippen LogP contribution is 1.81. The fourth-order valence-corrected chi connectivity index (χ4v) is 0.602. The Morgan fingerprint density at radius 3 is 2.60 bits per heavy atom. The van der Waals surface area contributed by atoms with Crippen LogP contribution in [0.1, 0.15) is 19.8 Å². The maximum absolute atomic E-state index is 8.84. The van der Waals surface area contributed by atoms with E-state index < -0.39 is 6.10 Å². The highest BCUT2D eigenvalue weighted by molar-refractivity contribution is 5.37. The van der Waals surface area contributed by atoms with Crippen LogP contribution in [0.5, 0.6) is 0 Å². The molecule has 0 saturated carbocycles. The van der Waals surface area contributed by atoms with Gasteiger partial charge in [-0.3, -0.25) is 0 Å². The summed E-state index contributed by atoms with van der Waals surface area (Å²) >= 11 is 0. The predicted molar refractivity (Wildman–Crippen MR) is 60.5 cm³/mol. The van der Waals surface area contributed by atoms with E-state index in [2.05, 4.69) is 35.5 Å². The minimum atomic E-state index is -0.481. The first-order valence-electron chi connectivity index (χ1n) is 4.71. The molecule has 0 aromatic rings. The standard InChI is InChI=1S/C13H14O2/c1-13(15)11-9-7-5-3-2-4-6-8-10-12-14/h9,11,13-15H,8,10,12H2,1H3/b11-9+. The zero-order valence-corrected chi connectivity index (χ0v) is 8.75. The summed E-state index contributed by atoms with van der Waals surface area (Å²) in [6.45, 7) is 1.81. The molecule has 0 bridgehead atoms. The van der Waals surface area contributed by atoms with E-state index in [4.69, 9.17) is 10.2 Å². The van der Waals surface area contributed by atoms with E-state index in [0.717, 1.165) is 0 Å². The maximum Gasteiger partial charge on any atom is 0.0701 e. The van der Waals surface area contributed by atoms with Gasteiger partial charge in [0.2, 0.25) is 0 Å². The number of aliphatic hydroxyl groups excluding tert-OH is 2. The van der Waals surface area contributed by atoms with Crippen molar-refractivity contribution < 1.29 is 10.2 Å². The van der Waals surface area contributed by atoms with Gasteiger partial charge in [0.1, 0.15) is 0 Å². The van der Waals surface area contributed by atoms with Gasteiger partial charge in [-0.25, -0.2) is 0 Å². The molecule has 1 unspecified atom stereocenters. The van der Waals surface area contributed by atoms with Crippen molar-refractivity contribution in [2.75, 3.05) is 6.61 Å². The van der Waals surface area contributed by atoms with Gasteiger partial charge in [0, 0.05) is 13.0 Å². The molecule has 0 amide bonds. The lowest BCUT2D eigenvalue weighted by molar-refractivity contribution is 0.244. The second kappa shape index (κ2) is 10.4. The molecule has 0 aliphatic heterocycles. The maximum atomic E-state index is 8.84. The van der Waals surface area contributed by atoms with Crippen LogP contribution in [0.3, 0.4) is 0 Å². The molecule has 0 aliphatic rings. The average Bonchev–Trinajstić information content (AvgIpc) is 2.20. The van der Waals surface area contributed by atoms with Crippen molar-refractivity contribution in [2.45, 2.75) is 25.9 Å². The Balaban J connectivity index is 3.82. The first-order valence-corrected chi connectivity index (χ1v) is 4.71. The van der Waals surface area contributed by atoms with Gasteiger partial charge in [-0.05, 0) is 49.2 Å². The lowest BCUT2D eigenvalue weighted by atomic mass is 10.3. The van der Waals surface area contributed by atoms with Gasteiger partial charge in [-0.15, -0.1) is 0 Å². The van der Waals surface area contributed by atoms with E-state index >= 15 is 0 Å². The third kappa shape index (κ3) is 12.3. The van der Waals surface area contributed by atoms with Gasteiger partial charge in [0.05, 0.1) is 6.10 Å². The predicted octanol–water partition coefficient (Wildman–Crippen LogP) is 0.706. The fraction of sp³-hybridized carbons (Fsp3) is 0.385. The number of rotatable bonds is 3. The number of hydrogen-bond donors (Lipinski definition) is 2. The molecule has 0 heterocycles. The zero-order valence-electron chi connectivity index (χ0n) is 8.75. The molecule has 0 saturated heterocycles. The molecule has 0 aromatic heterocycles. The van der Waals surface area contributed by atoms with Gasteiger partial charge >= 0.3 is 0 Å². The van der Waals surface area contributed by atoms with Crippen LogP contribution in [0.25, 0.3) is 0 Å². The topological polar surface area (TPSA) is 40.5 Å². The quantitative estimate of drug-likeness (QED) is 0.522. The minimum absolute atomic E-state index is 0.159. The monoisotopic (exact) mass is 202 g/mol. The van der Waals surface area contributed by atoms with E-state index in [1.54, 1.807) is 19.1 Å². The molecule has 0 fully saturated rings. The van der Waals surface area contributed by atoms with Gasteiger partial charge in [-0.1, -0.05) is 11.8 Å². The number of hydrogen-bond acceptors (Lipinski definition) is 2. The van der Waals surface area contributed by atoms with Gasteiger partial charge in [-0.2, -0.15) is 0 Å². The summed E-state index contributed by atoms with van der Waals surface area (Å²) in [6, 6.07) is 0. The summed E-state index contributed by atoms with van der Waals surface area (Å²) in [6.07, 6.45) is 3.98. The van der Waals surface area contributed by atoms with Crippen molar-refractivity contribution in [3.63, 3.8) is 0 Å². The number of allylic oxidation sites excluding steroid dienone is 1. The molecule has 0 aromatic carbocycles. The van der Waals surface area contributed by atoms with Crippen molar-refractivity contribution in [3.05, 3.63) is 12.2 Å². The van der Waals surface area contributed by atoms with Crippen molar-refractivity contribution >= 4 is 0 Å². The molecule has 2 heteroatoms. The molecular weight excluding hydrogens is 188 g/mol. The molecule has 78 valence electrons. The van der Waals surface area contributed by atoms with E-state index in [1.807, 2.05) is 0 Å². The molecule has 2 nitrogen and oxygen atoms in total. The largest absolute Gasteiger partial charge is 0.396 e. The van der Waals surface area contributed by atoms with Crippen molar-refractivity contribution in [2.24, 2.45) is 0 Å². The summed E-state index contributed by atoms with van der Waals surface area (Å²) in [5, 5.41) is 17.3. The van der Waals surface area contributed by atoms with Crippen LogP contribution in [0, 0.1) is 35.5 Å². The Hall–Kier alpha value is -1.66. The van der Waals surface area contributed by atoms with E-state index in [9.17, 15) is 0 Å². The van der Waals surface area contributed by atoms with E-state index in [1.165, 1.54) is 0 Å². The highest BCUT2D eigenvalue weighted by Gasteiger charge is 1.79. The fourth-order valence-electron chi connectivity index (χ4n) is 0.602. The van der Waals surface area contributed by atoms with Crippen LogP contribution in [0.15, 0.2) is 12.2 Å². The molecule has 0 aliphatic carbocycles. The minimum Gasteiger partial charge on any atom is -0.396 e. The molecular formula is C13H14O2. The number of aliphatic hydroxyl groups is 2. The van der Waals surface area contributed by atoms with Crippen molar-refractivity contribution in [1.82, 2.24) is 0 Å². The van der Waals surface area contributed by atoms with E-state index in [-0.39, 0.29) is 6.61 Å². The summed E-state index contributed by atoms with van der Waals surface area (Å²) in [5.41, 5.74) is 0. The number of unbranched alkanes of at least 4 members (excludes halogenated alkanes) is 1.